The maximum absolute atomic E-state index is 13.8. The van der Waals surface area contributed by atoms with Crippen molar-refractivity contribution < 1.29 is 19.1 Å². The Labute approximate surface area is 258 Å². The van der Waals surface area contributed by atoms with Gasteiger partial charge in [0.25, 0.3) is 5.91 Å². The number of ether oxygens (including phenoxy) is 1. The van der Waals surface area contributed by atoms with Gasteiger partial charge in [-0.15, -0.1) is 0 Å². The van der Waals surface area contributed by atoms with Gasteiger partial charge in [0.15, 0.2) is 6.61 Å². The smallest absolute Gasteiger partial charge is 0.305 e. The van der Waals surface area contributed by atoms with E-state index in [4.69, 9.17) is 16.3 Å². The number of nitrogens with one attached hydrogen (secondary N) is 2. The highest BCUT2D eigenvalue weighted by atomic mass is 35.5. The summed E-state index contributed by atoms with van der Waals surface area (Å²) in [5.41, 5.74) is 1.92. The second kappa shape index (κ2) is 11.0. The van der Waals surface area contributed by atoms with Crippen LogP contribution in [0.1, 0.15) is 16.4 Å². The first-order valence-corrected chi connectivity index (χ1v) is 15.5. The number of H-pyrrole nitrogens is 1. The lowest BCUT2D eigenvalue weighted by molar-refractivity contribution is -0.122. The molecule has 2 aliphatic rings. The minimum absolute atomic E-state index is 0.194. The third-order valence-electron chi connectivity index (χ3n) is 7.58. The van der Waals surface area contributed by atoms with Gasteiger partial charge in [0, 0.05) is 26.9 Å². The molecule has 2 aliphatic heterocycles. The van der Waals surface area contributed by atoms with Crippen molar-refractivity contribution in [2.45, 2.75) is 16.2 Å². The topological polar surface area (TPSA) is 109 Å². The molecule has 3 atom stereocenters. The standard InChI is InChI=1S/C32H22ClN3O5S2/c33-19-10-12-20(13-11-19)36-30(38)26-25(27-29(35-32(40)43-27)42-28(26)31(36)39)18-8-14-21(15-9-18)41-16-24(37)34-23-7-3-5-17-4-1-2-6-22(17)23/h1-15,25-26,28H,16H2,(H,34,37)(H,35,40). The summed E-state index contributed by atoms with van der Waals surface area (Å²) in [6.07, 6.45) is 0. The second-order valence-electron chi connectivity index (χ2n) is 10.2. The molecule has 7 rings (SSSR count). The van der Waals surface area contributed by atoms with Crippen molar-refractivity contribution >= 4 is 74.6 Å². The lowest BCUT2D eigenvalue weighted by atomic mass is 9.83. The summed E-state index contributed by atoms with van der Waals surface area (Å²) in [6.45, 7) is -0.194. The van der Waals surface area contributed by atoms with Gasteiger partial charge >= 0.3 is 4.87 Å². The van der Waals surface area contributed by atoms with E-state index in [0.717, 1.165) is 32.5 Å². The minimum atomic E-state index is -0.703. The molecule has 1 fully saturated rings. The molecule has 43 heavy (non-hydrogen) atoms. The number of carbonyl (C=O) groups excluding carboxylic acids is 3. The lowest BCUT2D eigenvalue weighted by Crippen LogP contribution is -2.32. The van der Waals surface area contributed by atoms with Gasteiger partial charge < -0.3 is 15.0 Å². The fourth-order valence-electron chi connectivity index (χ4n) is 5.66. The van der Waals surface area contributed by atoms with Crippen molar-refractivity contribution in [1.29, 1.82) is 0 Å². The molecule has 0 bridgehead atoms. The average molecular weight is 628 g/mol. The number of rotatable bonds is 6. The van der Waals surface area contributed by atoms with Crippen LogP contribution in [0.25, 0.3) is 10.8 Å². The normalized spacial score (nSPS) is 19.3. The fourth-order valence-corrected chi connectivity index (χ4v) is 8.30. The van der Waals surface area contributed by atoms with Gasteiger partial charge in [-0.2, -0.15) is 0 Å². The average Bonchev–Trinajstić information content (AvgIpc) is 3.51. The van der Waals surface area contributed by atoms with E-state index in [-0.39, 0.29) is 29.2 Å². The second-order valence-corrected chi connectivity index (χ2v) is 12.8. The third kappa shape index (κ3) is 5.01. The van der Waals surface area contributed by atoms with E-state index in [9.17, 15) is 19.2 Å². The Kier molecular flexibility index (Phi) is 7.04. The van der Waals surface area contributed by atoms with Crippen molar-refractivity contribution in [3.05, 3.63) is 116 Å². The van der Waals surface area contributed by atoms with Crippen LogP contribution in [0.5, 0.6) is 5.75 Å². The van der Waals surface area contributed by atoms with Crippen molar-refractivity contribution in [1.82, 2.24) is 4.98 Å². The van der Waals surface area contributed by atoms with E-state index >= 15 is 0 Å². The summed E-state index contributed by atoms with van der Waals surface area (Å²) in [7, 11) is 0. The number of carbonyl (C=O) groups is 3. The first-order valence-electron chi connectivity index (χ1n) is 13.4. The molecule has 5 aromatic rings. The molecule has 2 N–H and O–H groups in total. The monoisotopic (exact) mass is 627 g/mol. The molecule has 3 heterocycles. The van der Waals surface area contributed by atoms with Crippen molar-refractivity contribution in [3.8, 4) is 5.75 Å². The number of aromatic amines is 1. The van der Waals surface area contributed by atoms with Gasteiger partial charge in [-0.05, 0) is 53.4 Å². The summed E-state index contributed by atoms with van der Waals surface area (Å²) in [4.78, 5) is 56.9. The number of thiazole rings is 1. The highest BCUT2D eigenvalue weighted by Crippen LogP contribution is 2.53. The number of fused-ring (bicyclic) bond motifs is 3. The van der Waals surface area contributed by atoms with Gasteiger partial charge in [0.05, 0.1) is 16.6 Å². The predicted molar refractivity (Wildman–Crippen MR) is 168 cm³/mol. The number of hydrogen-bond acceptors (Lipinski definition) is 7. The highest BCUT2D eigenvalue weighted by molar-refractivity contribution is 8.00. The maximum atomic E-state index is 13.8. The van der Waals surface area contributed by atoms with Crippen LogP contribution in [-0.2, 0) is 14.4 Å². The number of nitrogens with zero attached hydrogens (tertiary/aromatic N) is 1. The lowest BCUT2D eigenvalue weighted by Gasteiger charge is -2.29. The molecular formula is C32H22ClN3O5S2. The molecule has 3 unspecified atom stereocenters. The fraction of sp³-hybridized carbons (Fsp3) is 0.125. The molecular weight excluding hydrogens is 606 g/mol. The number of amides is 3. The molecule has 1 aromatic heterocycles. The van der Waals surface area contributed by atoms with Crippen LogP contribution < -0.4 is 19.8 Å². The van der Waals surface area contributed by atoms with Crippen molar-refractivity contribution in [2.75, 3.05) is 16.8 Å². The summed E-state index contributed by atoms with van der Waals surface area (Å²) < 4.78 is 5.77. The zero-order chi connectivity index (χ0) is 29.7. The Morgan fingerprint density at radius 2 is 1.65 bits per heavy atom. The van der Waals surface area contributed by atoms with Crippen LogP contribution in [0.15, 0.2) is 101 Å². The number of halogens is 1. The van der Waals surface area contributed by atoms with E-state index < -0.39 is 17.1 Å². The Bertz CT molecular complexity index is 1950. The quantitative estimate of drug-likeness (QED) is 0.222. The molecule has 8 nitrogen and oxygen atoms in total. The zero-order valence-electron chi connectivity index (χ0n) is 22.3. The molecule has 0 aliphatic carbocycles. The number of thioether (sulfide) groups is 1. The summed E-state index contributed by atoms with van der Waals surface area (Å²) in [5, 5.41) is 5.28. The molecule has 0 saturated carbocycles. The van der Waals surface area contributed by atoms with Crippen molar-refractivity contribution in [2.24, 2.45) is 5.92 Å². The maximum Gasteiger partial charge on any atom is 0.305 e. The van der Waals surface area contributed by atoms with E-state index in [1.54, 1.807) is 36.4 Å². The molecule has 3 amide bonds. The predicted octanol–water partition coefficient (Wildman–Crippen LogP) is 6.06. The van der Waals surface area contributed by atoms with Gasteiger partial charge in [-0.1, -0.05) is 83.2 Å². The molecule has 11 heteroatoms. The Balaban J connectivity index is 1.12. The van der Waals surface area contributed by atoms with Crippen LogP contribution >= 0.6 is 34.7 Å². The van der Waals surface area contributed by atoms with E-state index in [1.807, 2.05) is 54.6 Å². The van der Waals surface area contributed by atoms with Crippen LogP contribution in [-0.4, -0.2) is 34.6 Å². The van der Waals surface area contributed by atoms with E-state index in [0.29, 0.717) is 27.2 Å². The number of benzene rings is 4. The first kappa shape index (κ1) is 27.5. The summed E-state index contributed by atoms with van der Waals surface area (Å²) >= 11 is 8.30. The van der Waals surface area contributed by atoms with Crippen LogP contribution in [0, 0.1) is 5.92 Å². The number of hydrogen-bond donors (Lipinski definition) is 2. The van der Waals surface area contributed by atoms with Gasteiger partial charge in [0.2, 0.25) is 11.8 Å². The Hall–Kier alpha value is -4.38. The first-order chi connectivity index (χ1) is 20.9. The summed E-state index contributed by atoms with van der Waals surface area (Å²) in [5.74, 6) is -1.70. The largest absolute Gasteiger partial charge is 0.484 e. The minimum Gasteiger partial charge on any atom is -0.484 e. The molecule has 4 aromatic carbocycles. The van der Waals surface area contributed by atoms with Crippen molar-refractivity contribution in [3.63, 3.8) is 0 Å². The van der Waals surface area contributed by atoms with Gasteiger partial charge in [-0.25, -0.2) is 4.90 Å². The molecule has 214 valence electrons. The highest BCUT2D eigenvalue weighted by Gasteiger charge is 2.56. The Morgan fingerprint density at radius 1 is 0.907 bits per heavy atom. The van der Waals surface area contributed by atoms with Crippen LogP contribution in [0.2, 0.25) is 5.02 Å². The number of aromatic nitrogens is 1. The molecule has 1 saturated heterocycles. The number of anilines is 2. The molecule has 0 radical (unpaired) electrons. The van der Waals surface area contributed by atoms with Crippen LogP contribution in [0.4, 0.5) is 11.4 Å². The van der Waals surface area contributed by atoms with E-state index in [1.165, 1.54) is 16.7 Å². The Morgan fingerprint density at radius 3 is 2.44 bits per heavy atom. The third-order valence-corrected chi connectivity index (χ3v) is 10.2. The van der Waals surface area contributed by atoms with Crippen LogP contribution in [0.3, 0.4) is 0 Å². The summed E-state index contributed by atoms with van der Waals surface area (Å²) in [6, 6.07) is 27.2. The zero-order valence-corrected chi connectivity index (χ0v) is 24.7. The SMILES string of the molecule is O=C(COc1ccc(C2c3sc(=O)[nH]c3SC3C(=O)N(c4ccc(Cl)cc4)C(=O)C32)cc1)Nc1cccc2ccccc12. The van der Waals surface area contributed by atoms with Gasteiger partial charge in [0.1, 0.15) is 11.0 Å². The number of imide groups is 1. The molecule has 0 spiro atoms. The van der Waals surface area contributed by atoms with E-state index in [2.05, 4.69) is 10.3 Å². The van der Waals surface area contributed by atoms with Gasteiger partial charge in [-0.3, -0.25) is 19.2 Å².